The van der Waals surface area contributed by atoms with Crippen molar-refractivity contribution in [3.05, 3.63) is 45.8 Å². The van der Waals surface area contributed by atoms with Crippen LogP contribution < -0.4 is 10.1 Å². The van der Waals surface area contributed by atoms with Gasteiger partial charge in [0.05, 0.1) is 16.8 Å². The highest BCUT2D eigenvalue weighted by atomic mass is 35.5. The molecule has 2 aromatic heterocycles. The topological polar surface area (TPSA) is 113 Å². The summed E-state index contributed by atoms with van der Waals surface area (Å²) in [4.78, 5) is 16.9. The maximum Gasteiger partial charge on any atom is 0.425 e. The number of hydrogen-bond acceptors (Lipinski definition) is 6. The first-order chi connectivity index (χ1) is 15.6. The number of aryl methyl sites for hydroxylation is 2. The highest BCUT2D eigenvalue weighted by Gasteiger charge is 2.39. The van der Waals surface area contributed by atoms with Crippen LogP contribution >= 0.6 is 11.6 Å². The third kappa shape index (κ3) is 5.17. The van der Waals surface area contributed by atoms with Crippen LogP contribution in [0.2, 0.25) is 5.15 Å². The van der Waals surface area contributed by atoms with E-state index in [1.165, 1.54) is 20.8 Å². The first-order valence-electron chi connectivity index (χ1n) is 9.89. The fourth-order valence-electron chi connectivity index (χ4n) is 3.05. The number of oxazole rings is 1. The predicted molar refractivity (Wildman–Crippen MR) is 114 cm³/mol. The Bertz CT molecular complexity index is 1210. The molecule has 0 aliphatic carbocycles. The second-order valence-corrected chi connectivity index (χ2v) is 8.44. The van der Waals surface area contributed by atoms with E-state index in [4.69, 9.17) is 20.8 Å². The van der Waals surface area contributed by atoms with E-state index in [0.29, 0.717) is 11.8 Å². The quantitative estimate of drug-likeness (QED) is 0.393. The number of aromatic nitrogens is 3. The first kappa shape index (κ1) is 25.5. The zero-order valence-corrected chi connectivity index (χ0v) is 19.4. The van der Waals surface area contributed by atoms with Gasteiger partial charge in [-0.25, -0.2) is 9.37 Å². The number of nitrogens with zero attached hydrogens (tertiary/aromatic N) is 2. The molecule has 0 bridgehead atoms. The molecule has 3 rings (SSSR count). The standard InChI is InChI=1S/C21H21ClF4N4O4/c1-8-15(17(22)30-29-8)27-18(31)12-6-13(23)11(7-14(12)34-10(3)21(24,25)26)19-28-16(9(2)33-19)20(4,5)32/h6-7,10,32H,1-5H3,(H,27,31)(H,29,30)/t10-/m0/s1. The van der Waals surface area contributed by atoms with Crippen molar-refractivity contribution in [3.63, 3.8) is 0 Å². The van der Waals surface area contributed by atoms with Crippen molar-refractivity contribution in [2.75, 3.05) is 5.32 Å². The van der Waals surface area contributed by atoms with E-state index in [1.807, 2.05) is 0 Å². The Morgan fingerprint density at radius 2 is 1.94 bits per heavy atom. The summed E-state index contributed by atoms with van der Waals surface area (Å²) in [6.07, 6.45) is -7.09. The summed E-state index contributed by atoms with van der Waals surface area (Å²) in [5, 5.41) is 18.7. The van der Waals surface area contributed by atoms with E-state index in [0.717, 1.165) is 13.0 Å². The Hall–Kier alpha value is -3.12. The van der Waals surface area contributed by atoms with Gasteiger partial charge in [0.2, 0.25) is 5.89 Å². The highest BCUT2D eigenvalue weighted by Crippen LogP contribution is 2.36. The molecule has 1 amide bonds. The normalized spacial score (nSPS) is 13.1. The van der Waals surface area contributed by atoms with Gasteiger partial charge in [-0.05, 0) is 46.8 Å². The van der Waals surface area contributed by atoms with Gasteiger partial charge in [-0.3, -0.25) is 9.89 Å². The van der Waals surface area contributed by atoms with Gasteiger partial charge in [-0.2, -0.15) is 18.3 Å². The number of aromatic amines is 1. The van der Waals surface area contributed by atoms with E-state index < -0.39 is 40.9 Å². The minimum Gasteiger partial charge on any atom is -0.480 e. The van der Waals surface area contributed by atoms with Crippen molar-refractivity contribution in [2.24, 2.45) is 0 Å². The Balaban J connectivity index is 2.11. The van der Waals surface area contributed by atoms with Gasteiger partial charge in [-0.1, -0.05) is 11.6 Å². The number of alkyl halides is 3. The lowest BCUT2D eigenvalue weighted by Crippen LogP contribution is -2.32. The van der Waals surface area contributed by atoms with Crippen molar-refractivity contribution in [2.45, 2.75) is 52.5 Å². The summed E-state index contributed by atoms with van der Waals surface area (Å²) in [6.45, 7) is 6.65. The summed E-state index contributed by atoms with van der Waals surface area (Å²) in [7, 11) is 0. The average Bonchev–Trinajstić information content (AvgIpc) is 3.25. The van der Waals surface area contributed by atoms with Crippen LogP contribution in [-0.4, -0.2) is 38.5 Å². The third-order valence-corrected chi connectivity index (χ3v) is 5.10. The number of aliphatic hydroxyl groups is 1. The summed E-state index contributed by atoms with van der Waals surface area (Å²) >= 11 is 5.90. The number of nitrogens with one attached hydrogen (secondary N) is 2. The number of benzene rings is 1. The van der Waals surface area contributed by atoms with Gasteiger partial charge >= 0.3 is 6.18 Å². The molecule has 1 atom stereocenters. The second kappa shape index (κ2) is 8.91. The molecule has 0 saturated carbocycles. The number of carbonyl (C=O) groups excluding carboxylic acids is 1. The second-order valence-electron chi connectivity index (χ2n) is 8.08. The van der Waals surface area contributed by atoms with Crippen LogP contribution in [0.4, 0.5) is 23.2 Å². The van der Waals surface area contributed by atoms with Crippen molar-refractivity contribution in [1.29, 1.82) is 0 Å². The van der Waals surface area contributed by atoms with Crippen molar-refractivity contribution < 1.29 is 36.6 Å². The van der Waals surface area contributed by atoms with Gasteiger partial charge < -0.3 is 19.6 Å². The van der Waals surface area contributed by atoms with Gasteiger partial charge in [0, 0.05) is 0 Å². The number of hydrogen-bond donors (Lipinski definition) is 3. The molecule has 3 aromatic rings. The van der Waals surface area contributed by atoms with Gasteiger partial charge in [-0.15, -0.1) is 0 Å². The van der Waals surface area contributed by atoms with E-state index in [-0.39, 0.29) is 33.7 Å². The average molecular weight is 505 g/mol. The molecule has 34 heavy (non-hydrogen) atoms. The molecule has 13 heteroatoms. The molecular formula is C21H21ClF4N4O4. The lowest BCUT2D eigenvalue weighted by molar-refractivity contribution is -0.189. The summed E-state index contributed by atoms with van der Waals surface area (Å²) < 4.78 is 65.0. The zero-order chi connectivity index (χ0) is 25.6. The molecule has 0 aliphatic rings. The molecule has 0 saturated heterocycles. The molecule has 8 nitrogen and oxygen atoms in total. The van der Waals surface area contributed by atoms with E-state index in [1.54, 1.807) is 6.92 Å². The number of H-pyrrole nitrogens is 1. The number of ether oxygens (including phenoxy) is 1. The van der Waals surface area contributed by atoms with Crippen molar-refractivity contribution in [1.82, 2.24) is 15.2 Å². The Morgan fingerprint density at radius 3 is 2.44 bits per heavy atom. The fraction of sp³-hybridized carbons (Fsp3) is 0.381. The Labute approximate surface area is 196 Å². The molecular weight excluding hydrogens is 484 g/mol. The monoisotopic (exact) mass is 504 g/mol. The lowest BCUT2D eigenvalue weighted by Gasteiger charge is -2.20. The highest BCUT2D eigenvalue weighted by molar-refractivity contribution is 6.33. The summed E-state index contributed by atoms with van der Waals surface area (Å²) in [6, 6.07) is 1.59. The van der Waals surface area contributed by atoms with Crippen LogP contribution in [0.15, 0.2) is 16.5 Å². The van der Waals surface area contributed by atoms with E-state index >= 15 is 4.39 Å². The molecule has 1 aromatic carbocycles. The maximum atomic E-state index is 15.1. The molecule has 0 radical (unpaired) electrons. The number of halogens is 5. The van der Waals surface area contributed by atoms with Crippen molar-refractivity contribution >= 4 is 23.2 Å². The maximum absolute atomic E-state index is 15.1. The molecule has 3 N–H and O–H groups in total. The smallest absolute Gasteiger partial charge is 0.425 e. The number of carbonyl (C=O) groups is 1. The Kier molecular flexibility index (Phi) is 6.68. The van der Waals surface area contributed by atoms with Crippen LogP contribution in [0.3, 0.4) is 0 Å². The minimum absolute atomic E-state index is 0.0733. The van der Waals surface area contributed by atoms with Gasteiger partial charge in [0.15, 0.2) is 11.3 Å². The van der Waals surface area contributed by atoms with Crippen LogP contribution in [0, 0.1) is 19.7 Å². The number of anilines is 1. The van der Waals surface area contributed by atoms with Crippen LogP contribution in [-0.2, 0) is 5.60 Å². The van der Waals surface area contributed by atoms with Crippen LogP contribution in [0.5, 0.6) is 5.75 Å². The molecule has 184 valence electrons. The Morgan fingerprint density at radius 1 is 1.29 bits per heavy atom. The van der Waals surface area contributed by atoms with Crippen LogP contribution in [0.1, 0.15) is 48.3 Å². The van der Waals surface area contributed by atoms with Crippen LogP contribution in [0.25, 0.3) is 11.5 Å². The third-order valence-electron chi connectivity index (χ3n) is 4.83. The number of amides is 1. The molecule has 0 unspecified atom stereocenters. The summed E-state index contributed by atoms with van der Waals surface area (Å²) in [5.41, 5.74) is -1.76. The molecule has 0 spiro atoms. The minimum atomic E-state index is -4.76. The van der Waals surface area contributed by atoms with Gasteiger partial charge in [0.25, 0.3) is 5.91 Å². The molecule has 0 aliphatic heterocycles. The predicted octanol–water partition coefficient (Wildman–Crippen LogP) is 5.28. The lowest BCUT2D eigenvalue weighted by atomic mass is 10.0. The molecule has 2 heterocycles. The summed E-state index contributed by atoms with van der Waals surface area (Å²) in [5.74, 6) is -2.70. The van der Waals surface area contributed by atoms with E-state index in [2.05, 4.69) is 20.5 Å². The zero-order valence-electron chi connectivity index (χ0n) is 18.7. The SMILES string of the molecule is Cc1[nH]nc(Cl)c1NC(=O)c1cc(F)c(-c2nc(C(C)(C)O)c(C)o2)cc1O[C@@H](C)C(F)(F)F. The van der Waals surface area contributed by atoms with Gasteiger partial charge in [0.1, 0.15) is 34.3 Å². The first-order valence-corrected chi connectivity index (χ1v) is 10.3. The molecule has 0 fully saturated rings. The fourth-order valence-corrected chi connectivity index (χ4v) is 3.29. The largest absolute Gasteiger partial charge is 0.480 e. The number of rotatable bonds is 6. The van der Waals surface area contributed by atoms with Crippen molar-refractivity contribution in [3.8, 4) is 17.2 Å². The van der Waals surface area contributed by atoms with E-state index in [9.17, 15) is 23.1 Å².